The van der Waals surface area contributed by atoms with Crippen molar-refractivity contribution < 1.29 is 56.9 Å². The second-order valence-corrected chi connectivity index (χ2v) is 3.02. The van der Waals surface area contributed by atoms with Gasteiger partial charge in [0.1, 0.15) is 0 Å². The Balaban J connectivity index is -0.000000320. The van der Waals surface area contributed by atoms with Crippen LogP contribution >= 0.6 is 0 Å². The Hall–Kier alpha value is 1.56. The second kappa shape index (κ2) is 9.64. The molecule has 0 spiro atoms. The fraction of sp³-hybridized carbons (Fsp3) is 1.00. The molecule has 2 nitrogen and oxygen atoms in total. The van der Waals surface area contributed by atoms with Crippen molar-refractivity contribution in [3.8, 4) is 0 Å². The van der Waals surface area contributed by atoms with Crippen LogP contribution in [0.1, 0.15) is 34.6 Å². The zero-order valence-electron chi connectivity index (χ0n) is 8.76. The summed E-state index contributed by atoms with van der Waals surface area (Å²) in [5, 5.41) is 0. The maximum absolute atomic E-state index is 2.46. The van der Waals surface area contributed by atoms with Crippen molar-refractivity contribution >= 4 is 0 Å². The summed E-state index contributed by atoms with van der Waals surface area (Å²) >= 11 is 0. The first kappa shape index (κ1) is 18.4. The van der Waals surface area contributed by atoms with E-state index in [0.717, 1.165) is 6.54 Å². The molecule has 0 aromatic rings. The summed E-state index contributed by atoms with van der Waals surface area (Å²) in [4.78, 5) is 2.46. The molecule has 0 aromatic heterocycles. The Morgan fingerprint density at radius 1 is 1.00 bits per heavy atom. The van der Waals surface area contributed by atoms with Gasteiger partial charge in [0.2, 0.25) is 0 Å². The number of hydrogen-bond acceptors (Lipinski definition) is 2. The Morgan fingerprint density at radius 3 is 1.27 bits per heavy atom. The average molecular weight is 185 g/mol. The van der Waals surface area contributed by atoms with Crippen molar-refractivity contribution in [2.75, 3.05) is 6.54 Å². The van der Waals surface area contributed by atoms with Crippen molar-refractivity contribution in [1.82, 2.24) is 4.90 Å². The molecule has 0 heterocycles. The van der Waals surface area contributed by atoms with Gasteiger partial charge in [0.25, 0.3) is 0 Å². The van der Waals surface area contributed by atoms with Crippen LogP contribution in [0.4, 0.5) is 0 Å². The predicted octanol–water partition coefficient (Wildman–Crippen LogP) is -1.05. The van der Waals surface area contributed by atoms with Crippen LogP contribution < -0.4 is 51.4 Å². The van der Waals surface area contributed by atoms with Crippen LogP contribution in [0.15, 0.2) is 0 Å². The van der Waals surface area contributed by atoms with Crippen molar-refractivity contribution in [2.24, 2.45) is 0 Å². The van der Waals surface area contributed by atoms with Gasteiger partial charge in [-0.2, -0.15) is 0 Å². The normalized spacial score (nSPS) is 9.82. The van der Waals surface area contributed by atoms with Gasteiger partial charge in [-0.1, -0.05) is 6.92 Å². The summed E-state index contributed by atoms with van der Waals surface area (Å²) in [6.45, 7) is 12.3. The molecule has 0 fully saturated rings. The topological polar surface area (TPSA) is 33.2 Å². The molecule has 0 saturated heterocycles. The number of rotatable bonds is 3. The van der Waals surface area contributed by atoms with E-state index < -0.39 is 0 Å². The molecule has 0 aliphatic rings. The first-order valence-corrected chi connectivity index (χ1v) is 3.85. The summed E-state index contributed by atoms with van der Waals surface area (Å²) in [6, 6.07) is 1.38. The summed E-state index contributed by atoms with van der Waals surface area (Å²) in [5.74, 6) is 0. The van der Waals surface area contributed by atoms with E-state index in [1.165, 1.54) is 0 Å². The average Bonchev–Trinajstić information content (AvgIpc) is 1.64. The van der Waals surface area contributed by atoms with E-state index in [-0.39, 0.29) is 56.9 Å². The van der Waals surface area contributed by atoms with Crippen LogP contribution in [0.2, 0.25) is 0 Å². The molecule has 64 valence electrons. The van der Waals surface area contributed by atoms with E-state index in [2.05, 4.69) is 39.5 Å². The zero-order valence-corrected chi connectivity index (χ0v) is 11.9. The molecular weight excluding hydrogens is 165 g/mol. The SMILES string of the molecule is CCN(C(C)C)C(C)C.[K+].[OH-]. The fourth-order valence-corrected chi connectivity index (χ4v) is 1.33. The van der Waals surface area contributed by atoms with Crippen molar-refractivity contribution in [1.29, 1.82) is 0 Å². The molecule has 0 unspecified atom stereocenters. The standard InChI is InChI=1S/C8H19N.K.H2O/c1-6-9(7(2)3)8(4)5;;/h7-8H,6H2,1-5H3;;1H2/q;+1;/p-1. The van der Waals surface area contributed by atoms with Gasteiger partial charge in [-0.05, 0) is 34.2 Å². The van der Waals surface area contributed by atoms with Gasteiger partial charge in [-0.3, -0.25) is 4.90 Å². The van der Waals surface area contributed by atoms with Crippen molar-refractivity contribution in [2.45, 2.75) is 46.7 Å². The summed E-state index contributed by atoms with van der Waals surface area (Å²) in [6.07, 6.45) is 0. The minimum absolute atomic E-state index is 0. The van der Waals surface area contributed by atoms with Crippen molar-refractivity contribution in [3.63, 3.8) is 0 Å². The van der Waals surface area contributed by atoms with E-state index in [0.29, 0.717) is 12.1 Å². The maximum Gasteiger partial charge on any atom is 1.00 e. The Labute approximate surface area is 113 Å². The van der Waals surface area contributed by atoms with Gasteiger partial charge >= 0.3 is 51.4 Å². The van der Waals surface area contributed by atoms with Crippen LogP contribution in [0.5, 0.6) is 0 Å². The van der Waals surface area contributed by atoms with Gasteiger partial charge in [0.15, 0.2) is 0 Å². The molecule has 11 heavy (non-hydrogen) atoms. The van der Waals surface area contributed by atoms with Crippen LogP contribution in [0.25, 0.3) is 0 Å². The molecule has 0 atom stereocenters. The third-order valence-electron chi connectivity index (χ3n) is 1.69. The third-order valence-corrected chi connectivity index (χ3v) is 1.69. The van der Waals surface area contributed by atoms with Crippen molar-refractivity contribution in [3.05, 3.63) is 0 Å². The minimum atomic E-state index is 0. The van der Waals surface area contributed by atoms with E-state index in [4.69, 9.17) is 0 Å². The van der Waals surface area contributed by atoms with Crippen LogP contribution in [0, 0.1) is 0 Å². The second-order valence-electron chi connectivity index (χ2n) is 3.02. The summed E-state index contributed by atoms with van der Waals surface area (Å²) < 4.78 is 0. The third kappa shape index (κ3) is 7.90. The summed E-state index contributed by atoms with van der Waals surface area (Å²) in [7, 11) is 0. The van der Waals surface area contributed by atoms with Gasteiger partial charge in [0, 0.05) is 12.1 Å². The number of hydrogen-bond donors (Lipinski definition) is 0. The van der Waals surface area contributed by atoms with Crippen LogP contribution in [-0.2, 0) is 0 Å². The van der Waals surface area contributed by atoms with Gasteiger partial charge in [0.05, 0.1) is 0 Å². The molecule has 0 aliphatic carbocycles. The molecule has 0 radical (unpaired) electrons. The molecule has 0 rings (SSSR count). The minimum Gasteiger partial charge on any atom is -0.870 e. The zero-order chi connectivity index (χ0) is 7.44. The van der Waals surface area contributed by atoms with E-state index in [9.17, 15) is 0 Å². The Kier molecular flexibility index (Phi) is 16.1. The quantitative estimate of drug-likeness (QED) is 0.526. The molecule has 0 amide bonds. The van der Waals surface area contributed by atoms with Gasteiger partial charge in [-0.15, -0.1) is 0 Å². The van der Waals surface area contributed by atoms with E-state index in [1.54, 1.807) is 0 Å². The number of nitrogens with zero attached hydrogens (tertiary/aromatic N) is 1. The van der Waals surface area contributed by atoms with Crippen LogP contribution in [0.3, 0.4) is 0 Å². The monoisotopic (exact) mass is 185 g/mol. The first-order chi connectivity index (χ1) is 4.09. The smallest absolute Gasteiger partial charge is 0.870 e. The van der Waals surface area contributed by atoms with E-state index >= 15 is 0 Å². The van der Waals surface area contributed by atoms with Gasteiger partial charge in [-0.25, -0.2) is 0 Å². The van der Waals surface area contributed by atoms with E-state index in [1.807, 2.05) is 0 Å². The fourth-order valence-electron chi connectivity index (χ4n) is 1.33. The largest absolute Gasteiger partial charge is 1.00 e. The molecule has 0 aromatic carbocycles. The molecule has 0 saturated carbocycles. The molecular formula is C8H20KNO. The molecule has 1 N–H and O–H groups in total. The summed E-state index contributed by atoms with van der Waals surface area (Å²) in [5.41, 5.74) is 0. The predicted molar refractivity (Wildman–Crippen MR) is 44.6 cm³/mol. The maximum atomic E-state index is 2.46. The van der Waals surface area contributed by atoms with Crippen LogP contribution in [-0.4, -0.2) is 29.0 Å². The Bertz CT molecular complexity index is 68.5. The molecule has 0 bridgehead atoms. The molecule has 3 heteroatoms. The molecule has 0 aliphatic heterocycles. The first-order valence-electron chi connectivity index (χ1n) is 3.85. The Morgan fingerprint density at radius 2 is 1.27 bits per heavy atom. The van der Waals surface area contributed by atoms with Gasteiger partial charge < -0.3 is 5.48 Å².